The number of thioether (sulfide) groups is 1. The van der Waals surface area contributed by atoms with E-state index < -0.39 is 4.75 Å². The third-order valence-electron chi connectivity index (χ3n) is 3.77. The van der Waals surface area contributed by atoms with E-state index in [-0.39, 0.29) is 11.7 Å². The van der Waals surface area contributed by atoms with Gasteiger partial charge in [-0.2, -0.15) is 11.8 Å². The topological polar surface area (TPSA) is 91.8 Å². The van der Waals surface area contributed by atoms with Gasteiger partial charge in [0.15, 0.2) is 5.84 Å². The fourth-order valence-corrected chi connectivity index (χ4v) is 3.47. The number of rotatable bonds is 3. The summed E-state index contributed by atoms with van der Waals surface area (Å²) in [6.45, 7) is 1.13. The number of nitrogens with two attached hydrogens (primary N) is 1. The molecule has 0 aromatic carbocycles. The standard InChI is InChI=1S/C13H17BrN4O2S/c1-21-13(12(15)17-20)4-6-18(7-5-13)11(19)10-3-2-9(14)8-16-10/h2-3,8,20H,4-7H2,1H3,(H2,15,17). The molecule has 0 saturated carbocycles. The normalized spacial score (nSPS) is 18.6. The number of hydrogen-bond acceptors (Lipinski definition) is 5. The minimum atomic E-state index is -0.390. The Kier molecular flexibility index (Phi) is 5.10. The zero-order chi connectivity index (χ0) is 15.5. The van der Waals surface area contributed by atoms with Crippen LogP contribution in [-0.2, 0) is 0 Å². The molecule has 0 spiro atoms. The summed E-state index contributed by atoms with van der Waals surface area (Å²) in [6, 6.07) is 3.50. The van der Waals surface area contributed by atoms with E-state index in [0.717, 1.165) is 4.47 Å². The van der Waals surface area contributed by atoms with E-state index in [9.17, 15) is 4.79 Å². The number of amides is 1. The summed E-state index contributed by atoms with van der Waals surface area (Å²) in [5, 5.41) is 12.1. The summed E-state index contributed by atoms with van der Waals surface area (Å²) in [5.74, 6) is 0.139. The van der Waals surface area contributed by atoms with E-state index in [0.29, 0.717) is 31.6 Å². The minimum absolute atomic E-state index is 0.0864. The average molecular weight is 373 g/mol. The quantitative estimate of drug-likeness (QED) is 0.366. The molecule has 1 amide bonds. The number of pyridine rings is 1. The van der Waals surface area contributed by atoms with Gasteiger partial charge in [-0.15, -0.1) is 0 Å². The van der Waals surface area contributed by atoms with Crippen LogP contribution in [0.2, 0.25) is 0 Å². The van der Waals surface area contributed by atoms with E-state index >= 15 is 0 Å². The van der Waals surface area contributed by atoms with Crippen molar-refractivity contribution in [2.75, 3.05) is 19.3 Å². The maximum absolute atomic E-state index is 12.4. The third kappa shape index (κ3) is 3.32. The SMILES string of the molecule is CSC1(C(N)=NO)CCN(C(=O)c2ccc(Br)cn2)CC1. The molecule has 1 aromatic rings. The van der Waals surface area contributed by atoms with Crippen LogP contribution in [0.25, 0.3) is 0 Å². The molecule has 0 bridgehead atoms. The lowest BCUT2D eigenvalue weighted by molar-refractivity contribution is 0.0712. The molecule has 6 nitrogen and oxygen atoms in total. The molecule has 8 heteroatoms. The van der Waals surface area contributed by atoms with Crippen LogP contribution in [0.3, 0.4) is 0 Å². The van der Waals surface area contributed by atoms with E-state index in [1.807, 2.05) is 6.26 Å². The first kappa shape index (κ1) is 16.1. The highest BCUT2D eigenvalue weighted by Gasteiger charge is 2.39. The predicted octanol–water partition coefficient (Wildman–Crippen LogP) is 1.93. The number of nitrogens with zero attached hydrogens (tertiary/aromatic N) is 3. The number of piperidine rings is 1. The molecule has 2 rings (SSSR count). The molecule has 2 heterocycles. The smallest absolute Gasteiger partial charge is 0.272 e. The Labute approximate surface area is 135 Å². The molecular weight excluding hydrogens is 356 g/mol. The van der Waals surface area contributed by atoms with Crippen LogP contribution >= 0.6 is 27.7 Å². The minimum Gasteiger partial charge on any atom is -0.409 e. The number of amidine groups is 1. The maximum atomic E-state index is 12.4. The highest BCUT2D eigenvalue weighted by Crippen LogP contribution is 2.35. The lowest BCUT2D eigenvalue weighted by Gasteiger charge is -2.39. The van der Waals surface area contributed by atoms with Crippen molar-refractivity contribution in [3.8, 4) is 0 Å². The van der Waals surface area contributed by atoms with Gasteiger partial charge in [0.1, 0.15) is 5.69 Å². The Balaban J connectivity index is 2.07. The lowest BCUT2D eigenvalue weighted by atomic mass is 9.94. The van der Waals surface area contributed by atoms with Crippen molar-refractivity contribution in [3.05, 3.63) is 28.5 Å². The van der Waals surface area contributed by atoms with Gasteiger partial charge in [0, 0.05) is 23.8 Å². The molecule has 0 atom stereocenters. The van der Waals surface area contributed by atoms with Crippen LogP contribution in [0.4, 0.5) is 0 Å². The van der Waals surface area contributed by atoms with Crippen LogP contribution < -0.4 is 5.73 Å². The van der Waals surface area contributed by atoms with Gasteiger partial charge in [-0.25, -0.2) is 4.98 Å². The second-order valence-corrected chi connectivity index (χ2v) is 6.94. The third-order valence-corrected chi connectivity index (χ3v) is 5.64. The highest BCUT2D eigenvalue weighted by molar-refractivity contribution is 9.10. The molecule has 21 heavy (non-hydrogen) atoms. The van der Waals surface area contributed by atoms with E-state index in [2.05, 4.69) is 26.1 Å². The van der Waals surface area contributed by atoms with Crippen molar-refractivity contribution in [2.45, 2.75) is 17.6 Å². The van der Waals surface area contributed by atoms with Crippen LogP contribution in [0.1, 0.15) is 23.3 Å². The number of halogens is 1. The Bertz CT molecular complexity index is 542. The Morgan fingerprint density at radius 3 is 2.67 bits per heavy atom. The lowest BCUT2D eigenvalue weighted by Crippen LogP contribution is -2.51. The summed E-state index contributed by atoms with van der Waals surface area (Å²) in [7, 11) is 0. The first-order valence-corrected chi connectivity index (χ1v) is 8.48. The first-order valence-electron chi connectivity index (χ1n) is 6.46. The molecule has 1 aliphatic rings. The summed E-state index contributed by atoms with van der Waals surface area (Å²) in [6.07, 6.45) is 4.87. The number of likely N-dealkylation sites (tertiary alicyclic amines) is 1. The van der Waals surface area contributed by atoms with Crippen LogP contribution in [-0.4, -0.2) is 50.9 Å². The Morgan fingerprint density at radius 1 is 1.52 bits per heavy atom. The molecule has 3 N–H and O–H groups in total. The largest absolute Gasteiger partial charge is 0.409 e. The van der Waals surface area contributed by atoms with Gasteiger partial charge in [-0.1, -0.05) is 5.16 Å². The fraction of sp³-hybridized carbons (Fsp3) is 0.462. The maximum Gasteiger partial charge on any atom is 0.272 e. The van der Waals surface area contributed by atoms with Crippen LogP contribution in [0, 0.1) is 0 Å². The predicted molar refractivity (Wildman–Crippen MR) is 86.7 cm³/mol. The number of aromatic nitrogens is 1. The molecule has 1 aliphatic heterocycles. The van der Waals surface area contributed by atoms with E-state index in [1.54, 1.807) is 35.0 Å². The molecule has 1 aromatic heterocycles. The number of oxime groups is 1. The number of hydrogen-bond donors (Lipinski definition) is 2. The van der Waals surface area contributed by atoms with Gasteiger partial charge in [0.25, 0.3) is 5.91 Å². The molecule has 1 fully saturated rings. The number of carbonyl (C=O) groups is 1. The van der Waals surface area contributed by atoms with Crippen molar-refractivity contribution in [1.29, 1.82) is 0 Å². The van der Waals surface area contributed by atoms with Crippen molar-refractivity contribution in [2.24, 2.45) is 10.9 Å². The zero-order valence-electron chi connectivity index (χ0n) is 11.6. The van der Waals surface area contributed by atoms with Crippen LogP contribution in [0.15, 0.2) is 28.0 Å². The second-order valence-electron chi connectivity index (χ2n) is 4.84. The molecular formula is C13H17BrN4O2S. The summed E-state index contributed by atoms with van der Waals surface area (Å²) < 4.78 is 0.449. The van der Waals surface area contributed by atoms with Gasteiger partial charge < -0.3 is 15.8 Å². The summed E-state index contributed by atoms with van der Waals surface area (Å²) in [5.41, 5.74) is 6.23. The molecule has 1 saturated heterocycles. The van der Waals surface area contributed by atoms with Gasteiger partial charge >= 0.3 is 0 Å². The highest BCUT2D eigenvalue weighted by atomic mass is 79.9. The van der Waals surface area contributed by atoms with Crippen molar-refractivity contribution >= 4 is 39.4 Å². The van der Waals surface area contributed by atoms with Gasteiger partial charge in [0.05, 0.1) is 4.75 Å². The molecule has 0 aliphatic carbocycles. The van der Waals surface area contributed by atoms with Gasteiger partial charge in [-0.05, 0) is 47.2 Å². The summed E-state index contributed by atoms with van der Waals surface area (Å²) >= 11 is 4.86. The van der Waals surface area contributed by atoms with E-state index in [4.69, 9.17) is 10.9 Å². The molecule has 114 valence electrons. The summed E-state index contributed by atoms with van der Waals surface area (Å²) in [4.78, 5) is 18.3. The average Bonchev–Trinajstić information content (AvgIpc) is 2.54. The molecule has 0 unspecified atom stereocenters. The van der Waals surface area contributed by atoms with Gasteiger partial charge in [-0.3, -0.25) is 4.79 Å². The van der Waals surface area contributed by atoms with E-state index in [1.165, 1.54) is 0 Å². The molecule has 0 radical (unpaired) electrons. The number of carbonyl (C=O) groups excluding carboxylic acids is 1. The first-order chi connectivity index (χ1) is 10.0. The second kappa shape index (κ2) is 6.65. The monoisotopic (exact) mass is 372 g/mol. The van der Waals surface area contributed by atoms with Crippen molar-refractivity contribution in [1.82, 2.24) is 9.88 Å². The van der Waals surface area contributed by atoms with Gasteiger partial charge in [0.2, 0.25) is 0 Å². The van der Waals surface area contributed by atoms with Crippen LogP contribution in [0.5, 0.6) is 0 Å². The Morgan fingerprint density at radius 2 is 2.19 bits per heavy atom. The fourth-order valence-electron chi connectivity index (χ4n) is 2.39. The zero-order valence-corrected chi connectivity index (χ0v) is 14.0. The Hall–Kier alpha value is -1.28. The van der Waals surface area contributed by atoms with Crippen molar-refractivity contribution in [3.63, 3.8) is 0 Å². The van der Waals surface area contributed by atoms with Crippen molar-refractivity contribution < 1.29 is 10.0 Å².